The summed E-state index contributed by atoms with van der Waals surface area (Å²) in [5.41, 5.74) is 14.4. The molecule has 0 saturated carbocycles. The van der Waals surface area contributed by atoms with Crippen LogP contribution in [0.5, 0.6) is 0 Å². The van der Waals surface area contributed by atoms with Gasteiger partial charge in [-0.3, -0.25) is 0 Å². The van der Waals surface area contributed by atoms with Crippen LogP contribution in [0, 0.1) is 0 Å². The van der Waals surface area contributed by atoms with Crippen molar-refractivity contribution in [3.8, 4) is 0 Å². The van der Waals surface area contributed by atoms with Crippen molar-refractivity contribution in [1.82, 2.24) is 9.80 Å². The Labute approximate surface area is 385 Å². The minimum atomic E-state index is -2.34. The fourth-order valence-corrected chi connectivity index (χ4v) is 18.5. The van der Waals surface area contributed by atoms with Crippen molar-refractivity contribution in [1.29, 1.82) is 0 Å². The second-order valence-electron chi connectivity index (χ2n) is 18.4. The maximum atomic E-state index is 2.97. The van der Waals surface area contributed by atoms with E-state index in [0.717, 1.165) is 39.3 Å². The Morgan fingerprint density at radius 1 is 0.484 bits per heavy atom. The number of fused-ring (bicyclic) bond motifs is 1. The molecular formula is C55H64N4RuS2. The number of hydrogen-bond acceptors (Lipinski definition) is 6. The molecule has 2 fully saturated rings. The molecule has 2 saturated heterocycles. The second-order valence-corrected chi connectivity index (χ2v) is 24.8. The van der Waals surface area contributed by atoms with E-state index in [1.165, 1.54) is 65.6 Å². The summed E-state index contributed by atoms with van der Waals surface area (Å²) in [5.74, 6) is 1.63. The fourth-order valence-electron chi connectivity index (χ4n) is 9.94. The van der Waals surface area contributed by atoms with Crippen molar-refractivity contribution < 1.29 is 15.5 Å². The van der Waals surface area contributed by atoms with E-state index < -0.39 is 15.5 Å². The van der Waals surface area contributed by atoms with Crippen LogP contribution in [0.3, 0.4) is 0 Å². The summed E-state index contributed by atoms with van der Waals surface area (Å²) in [5, 5.41) is 4.54. The van der Waals surface area contributed by atoms with Crippen LogP contribution in [0.4, 0.5) is 11.4 Å². The van der Waals surface area contributed by atoms with Gasteiger partial charge in [0.2, 0.25) is 0 Å². The molecule has 324 valence electrons. The molecule has 0 spiro atoms. The monoisotopic (exact) mass is 946 g/mol. The van der Waals surface area contributed by atoms with Gasteiger partial charge in [0.1, 0.15) is 0 Å². The van der Waals surface area contributed by atoms with Gasteiger partial charge in [0.25, 0.3) is 0 Å². The van der Waals surface area contributed by atoms with Gasteiger partial charge >= 0.3 is 387 Å². The van der Waals surface area contributed by atoms with Crippen molar-refractivity contribution in [2.75, 3.05) is 36.0 Å². The van der Waals surface area contributed by atoms with Crippen LogP contribution in [0.15, 0.2) is 132 Å². The van der Waals surface area contributed by atoms with Gasteiger partial charge in [0.05, 0.1) is 0 Å². The Kier molecular flexibility index (Phi) is 13.0. The van der Waals surface area contributed by atoms with Gasteiger partial charge in [0.15, 0.2) is 0 Å². The minimum absolute atomic E-state index is 0.221. The molecule has 0 bridgehead atoms. The van der Waals surface area contributed by atoms with E-state index in [4.69, 9.17) is 0 Å². The number of allylic oxidation sites excluding steroid dienone is 1. The molecular weight excluding hydrogens is 882 g/mol. The summed E-state index contributed by atoms with van der Waals surface area (Å²) >= 11 is 1.50. The van der Waals surface area contributed by atoms with Crippen molar-refractivity contribution in [2.45, 2.75) is 102 Å². The SMILES string of the molecule is CC(C)c1cccc(C(C)C)c1N1CCN(Cc2cccs2)[CH]1[Ru](=[C]1C=C(c2ccccc2)c2ccccc21)[CH]1N(Cc2cccs2)CCN1c1c(C(C)C)cccc1C(C)C. The third kappa shape index (κ3) is 8.30. The molecule has 3 aliphatic rings. The molecule has 6 aromatic rings. The van der Waals surface area contributed by atoms with E-state index in [1.54, 1.807) is 4.11 Å². The molecule has 62 heavy (non-hydrogen) atoms. The van der Waals surface area contributed by atoms with Crippen LogP contribution < -0.4 is 9.80 Å². The van der Waals surface area contributed by atoms with Gasteiger partial charge in [-0.1, -0.05) is 0 Å². The van der Waals surface area contributed by atoms with Crippen molar-refractivity contribution in [3.63, 3.8) is 0 Å². The normalized spacial score (nSPS) is 18.6. The summed E-state index contributed by atoms with van der Waals surface area (Å²) in [6.07, 6.45) is 2.69. The third-order valence-electron chi connectivity index (χ3n) is 12.9. The average molecular weight is 946 g/mol. The topological polar surface area (TPSA) is 13.0 Å². The summed E-state index contributed by atoms with van der Waals surface area (Å²) in [6, 6.07) is 44.3. The number of para-hydroxylation sites is 2. The zero-order chi connectivity index (χ0) is 43.1. The molecule has 1 aliphatic carbocycles. The van der Waals surface area contributed by atoms with E-state index in [0.29, 0.717) is 23.7 Å². The third-order valence-corrected chi connectivity index (χ3v) is 20.7. The average Bonchev–Trinajstić information content (AvgIpc) is 4.14. The van der Waals surface area contributed by atoms with Crippen LogP contribution in [-0.4, -0.2) is 49.6 Å². The molecule has 2 aromatic heterocycles. The Morgan fingerprint density at radius 2 is 0.919 bits per heavy atom. The molecule has 2 unspecified atom stereocenters. The van der Waals surface area contributed by atoms with E-state index >= 15 is 0 Å². The maximum absolute atomic E-state index is 2.97. The Bertz CT molecular complexity index is 2360. The van der Waals surface area contributed by atoms with Crippen LogP contribution in [0.1, 0.15) is 128 Å². The molecule has 2 aliphatic heterocycles. The Hall–Kier alpha value is -3.97. The second kappa shape index (κ2) is 18.6. The van der Waals surface area contributed by atoms with Crippen LogP contribution in [-0.2, 0) is 28.6 Å². The number of nitrogens with zero attached hydrogens (tertiary/aromatic N) is 4. The van der Waals surface area contributed by atoms with Gasteiger partial charge < -0.3 is 0 Å². The van der Waals surface area contributed by atoms with Gasteiger partial charge in [-0.25, -0.2) is 0 Å². The number of benzene rings is 4. The number of rotatable bonds is 13. The summed E-state index contributed by atoms with van der Waals surface area (Å²) in [4.78, 5) is 14.7. The summed E-state index contributed by atoms with van der Waals surface area (Å²) < 4.78 is 2.05. The molecule has 9 rings (SSSR count). The fraction of sp³-hybridized carbons (Fsp3) is 0.364. The zero-order valence-corrected chi connectivity index (χ0v) is 41.2. The first-order valence-electron chi connectivity index (χ1n) is 22.8. The van der Waals surface area contributed by atoms with Crippen LogP contribution in [0.25, 0.3) is 5.57 Å². The Balaban J connectivity index is 1.39. The van der Waals surface area contributed by atoms with Crippen molar-refractivity contribution in [3.05, 3.63) is 181 Å². The predicted molar refractivity (Wildman–Crippen MR) is 265 cm³/mol. The standard InChI is InChI=1S/2C20H27N2S.C15H10.Ru/c2*1-15(2)18-8-5-9-19(16(3)4)20(18)22-11-10-21(14-22)13-17-7-6-12-23-17;1-2-6-12(7-3-1)15-11-10-13-8-4-5-9-14(13)15;/h2*5-9,12,14-16H,10-11,13H2,1-4H3;1-9,11H;. The van der Waals surface area contributed by atoms with E-state index in [2.05, 4.69) is 207 Å². The molecule has 4 aromatic carbocycles. The quantitative estimate of drug-likeness (QED) is 0.107. The van der Waals surface area contributed by atoms with Crippen molar-refractivity contribution in [2.24, 2.45) is 0 Å². The summed E-state index contributed by atoms with van der Waals surface area (Å²) in [7, 11) is 0. The van der Waals surface area contributed by atoms with E-state index in [9.17, 15) is 0 Å². The molecule has 2 atom stereocenters. The number of hydrogen-bond donors (Lipinski definition) is 0. The van der Waals surface area contributed by atoms with Gasteiger partial charge in [-0.2, -0.15) is 0 Å². The molecule has 4 nitrogen and oxygen atoms in total. The molecule has 4 heterocycles. The molecule has 7 heteroatoms. The van der Waals surface area contributed by atoms with E-state index in [1.807, 2.05) is 22.7 Å². The van der Waals surface area contributed by atoms with Crippen LogP contribution >= 0.6 is 22.7 Å². The van der Waals surface area contributed by atoms with Gasteiger partial charge in [-0.05, 0) is 0 Å². The number of anilines is 2. The predicted octanol–water partition coefficient (Wildman–Crippen LogP) is 13.5. The van der Waals surface area contributed by atoms with Crippen molar-refractivity contribution >= 4 is 43.7 Å². The molecule has 0 N–H and O–H groups in total. The molecule has 0 amide bonds. The van der Waals surface area contributed by atoms with Gasteiger partial charge in [-0.15, -0.1) is 0 Å². The van der Waals surface area contributed by atoms with Gasteiger partial charge in [0, 0.05) is 0 Å². The Morgan fingerprint density at radius 3 is 1.34 bits per heavy atom. The number of thiophene rings is 2. The van der Waals surface area contributed by atoms with Crippen LogP contribution in [0.2, 0.25) is 0 Å². The zero-order valence-electron chi connectivity index (χ0n) is 37.9. The molecule has 0 radical (unpaired) electrons. The van der Waals surface area contributed by atoms with E-state index in [-0.39, 0.29) is 9.52 Å². The first kappa shape index (κ1) is 43.3. The first-order valence-corrected chi connectivity index (χ1v) is 27.4. The summed E-state index contributed by atoms with van der Waals surface area (Å²) in [6.45, 7) is 25.3. The first-order chi connectivity index (χ1) is 30.1.